The van der Waals surface area contributed by atoms with Crippen LogP contribution in [0.25, 0.3) is 0 Å². The van der Waals surface area contributed by atoms with Crippen molar-refractivity contribution in [3.05, 3.63) is 23.8 Å². The van der Waals surface area contributed by atoms with Crippen molar-refractivity contribution >= 4 is 5.69 Å². The van der Waals surface area contributed by atoms with Crippen LogP contribution in [-0.2, 0) is 0 Å². The van der Waals surface area contributed by atoms with Gasteiger partial charge >= 0.3 is 0 Å². The molecule has 2 N–H and O–H groups in total. The first-order valence-electron chi connectivity index (χ1n) is 6.33. The van der Waals surface area contributed by atoms with Crippen molar-refractivity contribution < 1.29 is 4.74 Å². The lowest BCUT2D eigenvalue weighted by Crippen LogP contribution is -2.40. The molecule has 1 saturated heterocycles. The van der Waals surface area contributed by atoms with Gasteiger partial charge in [-0.2, -0.15) is 5.26 Å². The molecule has 2 rings (SSSR count). The van der Waals surface area contributed by atoms with Crippen molar-refractivity contribution in [2.75, 3.05) is 25.9 Å². The molecule has 4 nitrogen and oxygen atoms in total. The second kappa shape index (κ2) is 5.74. The van der Waals surface area contributed by atoms with Crippen molar-refractivity contribution in [1.29, 1.82) is 5.26 Å². The van der Waals surface area contributed by atoms with Crippen LogP contribution in [0.5, 0.6) is 5.75 Å². The van der Waals surface area contributed by atoms with Crippen LogP contribution in [0.2, 0.25) is 0 Å². The van der Waals surface area contributed by atoms with Crippen LogP contribution >= 0.6 is 0 Å². The summed E-state index contributed by atoms with van der Waals surface area (Å²) in [5, 5.41) is 9.04. The standard InChI is InChI=1S/C14H19N3O/c1-17-7-3-2-4-13(17)10-18-14-6-5-12(16)8-11(14)9-15/h5-6,8,13H,2-4,7,10,16H2,1H3. The Bertz CT molecular complexity index is 453. The van der Waals surface area contributed by atoms with Gasteiger partial charge < -0.3 is 15.4 Å². The van der Waals surface area contributed by atoms with E-state index in [1.807, 2.05) is 0 Å². The van der Waals surface area contributed by atoms with Gasteiger partial charge in [0.2, 0.25) is 0 Å². The van der Waals surface area contributed by atoms with E-state index in [1.54, 1.807) is 18.2 Å². The molecule has 0 radical (unpaired) electrons. The Balaban J connectivity index is 1.99. The van der Waals surface area contributed by atoms with Crippen molar-refractivity contribution in [1.82, 2.24) is 4.90 Å². The number of rotatable bonds is 3. The van der Waals surface area contributed by atoms with E-state index in [1.165, 1.54) is 12.8 Å². The Morgan fingerprint density at radius 3 is 3.06 bits per heavy atom. The third-order valence-electron chi connectivity index (χ3n) is 3.48. The molecule has 4 heteroatoms. The molecule has 1 aromatic carbocycles. The Kier molecular flexibility index (Phi) is 4.06. The fraction of sp³-hybridized carbons (Fsp3) is 0.500. The van der Waals surface area contributed by atoms with E-state index < -0.39 is 0 Å². The van der Waals surface area contributed by atoms with Gasteiger partial charge in [0.1, 0.15) is 18.4 Å². The molecule has 0 amide bonds. The fourth-order valence-electron chi connectivity index (χ4n) is 2.30. The zero-order valence-electron chi connectivity index (χ0n) is 10.7. The van der Waals surface area contributed by atoms with Crippen LogP contribution < -0.4 is 10.5 Å². The van der Waals surface area contributed by atoms with Crippen LogP contribution in [-0.4, -0.2) is 31.1 Å². The number of likely N-dealkylation sites (tertiary alicyclic amines) is 1. The summed E-state index contributed by atoms with van der Waals surface area (Å²) >= 11 is 0. The Morgan fingerprint density at radius 2 is 2.33 bits per heavy atom. The van der Waals surface area contributed by atoms with Crippen molar-refractivity contribution in [3.63, 3.8) is 0 Å². The number of anilines is 1. The van der Waals surface area contributed by atoms with E-state index in [0.717, 1.165) is 13.0 Å². The molecule has 1 aliphatic heterocycles. The molecule has 1 unspecified atom stereocenters. The van der Waals surface area contributed by atoms with Crippen LogP contribution in [0.1, 0.15) is 24.8 Å². The van der Waals surface area contributed by atoms with Gasteiger partial charge in [0.25, 0.3) is 0 Å². The van der Waals surface area contributed by atoms with Crippen LogP contribution in [0.3, 0.4) is 0 Å². The number of nitrogen functional groups attached to an aromatic ring is 1. The smallest absolute Gasteiger partial charge is 0.137 e. The molecule has 0 aliphatic carbocycles. The minimum Gasteiger partial charge on any atom is -0.491 e. The zero-order valence-corrected chi connectivity index (χ0v) is 10.7. The molecule has 1 fully saturated rings. The molecule has 0 spiro atoms. The molecular formula is C14H19N3O. The van der Waals surface area contributed by atoms with E-state index in [0.29, 0.717) is 29.6 Å². The maximum Gasteiger partial charge on any atom is 0.137 e. The van der Waals surface area contributed by atoms with Gasteiger partial charge in [-0.3, -0.25) is 0 Å². The monoisotopic (exact) mass is 245 g/mol. The number of hydrogen-bond acceptors (Lipinski definition) is 4. The van der Waals surface area contributed by atoms with Crippen LogP contribution in [0.4, 0.5) is 5.69 Å². The topological polar surface area (TPSA) is 62.3 Å². The second-order valence-corrected chi connectivity index (χ2v) is 4.81. The summed E-state index contributed by atoms with van der Waals surface area (Å²) in [7, 11) is 2.13. The summed E-state index contributed by atoms with van der Waals surface area (Å²) in [4.78, 5) is 2.33. The summed E-state index contributed by atoms with van der Waals surface area (Å²) in [6.45, 7) is 1.76. The highest BCUT2D eigenvalue weighted by Crippen LogP contribution is 2.22. The summed E-state index contributed by atoms with van der Waals surface area (Å²) in [5.41, 5.74) is 6.75. The van der Waals surface area contributed by atoms with Crippen LogP contribution in [0, 0.1) is 11.3 Å². The van der Waals surface area contributed by atoms with Crippen molar-refractivity contribution in [2.45, 2.75) is 25.3 Å². The first kappa shape index (κ1) is 12.7. The van der Waals surface area contributed by atoms with Gasteiger partial charge in [-0.05, 0) is 44.6 Å². The molecule has 96 valence electrons. The number of nitriles is 1. The number of hydrogen-bond donors (Lipinski definition) is 1. The lowest BCUT2D eigenvalue weighted by molar-refractivity contribution is 0.125. The molecular weight excluding hydrogens is 226 g/mol. The quantitative estimate of drug-likeness (QED) is 0.827. The first-order valence-corrected chi connectivity index (χ1v) is 6.33. The van der Waals surface area contributed by atoms with E-state index >= 15 is 0 Å². The van der Waals surface area contributed by atoms with Crippen LogP contribution in [0.15, 0.2) is 18.2 Å². The average Bonchev–Trinajstić information content (AvgIpc) is 2.39. The minimum atomic E-state index is 0.447. The van der Waals surface area contributed by atoms with Gasteiger partial charge in [0, 0.05) is 11.7 Å². The molecule has 1 atom stereocenters. The number of nitrogens with two attached hydrogens (primary N) is 1. The number of piperidine rings is 1. The highest BCUT2D eigenvalue weighted by atomic mass is 16.5. The third-order valence-corrected chi connectivity index (χ3v) is 3.48. The Labute approximate surface area is 108 Å². The number of likely N-dealkylation sites (N-methyl/N-ethyl adjacent to an activating group) is 1. The first-order chi connectivity index (χ1) is 8.70. The maximum absolute atomic E-state index is 9.04. The summed E-state index contributed by atoms with van der Waals surface area (Å²) < 4.78 is 5.77. The minimum absolute atomic E-state index is 0.447. The van der Waals surface area contributed by atoms with E-state index in [9.17, 15) is 0 Å². The lowest BCUT2D eigenvalue weighted by Gasteiger charge is -2.32. The van der Waals surface area contributed by atoms with E-state index in [2.05, 4.69) is 18.0 Å². The van der Waals surface area contributed by atoms with Gasteiger partial charge in [-0.1, -0.05) is 6.42 Å². The van der Waals surface area contributed by atoms with E-state index in [-0.39, 0.29) is 0 Å². The summed E-state index contributed by atoms with van der Waals surface area (Å²) in [6, 6.07) is 7.76. The predicted molar refractivity (Wildman–Crippen MR) is 71.3 cm³/mol. The van der Waals surface area contributed by atoms with Gasteiger partial charge in [-0.15, -0.1) is 0 Å². The predicted octanol–water partition coefficient (Wildman–Crippen LogP) is 2.00. The molecule has 0 bridgehead atoms. The largest absolute Gasteiger partial charge is 0.491 e. The average molecular weight is 245 g/mol. The highest BCUT2D eigenvalue weighted by Gasteiger charge is 2.19. The number of ether oxygens (including phenoxy) is 1. The molecule has 1 aliphatic rings. The lowest BCUT2D eigenvalue weighted by atomic mass is 10.0. The van der Waals surface area contributed by atoms with E-state index in [4.69, 9.17) is 15.7 Å². The molecule has 0 aromatic heterocycles. The highest BCUT2D eigenvalue weighted by molar-refractivity contribution is 5.53. The van der Waals surface area contributed by atoms with Gasteiger partial charge in [0.15, 0.2) is 0 Å². The number of nitrogens with zero attached hydrogens (tertiary/aromatic N) is 2. The van der Waals surface area contributed by atoms with Gasteiger partial charge in [0.05, 0.1) is 5.56 Å². The number of benzene rings is 1. The van der Waals surface area contributed by atoms with Crippen molar-refractivity contribution in [3.8, 4) is 11.8 Å². The molecule has 1 heterocycles. The van der Waals surface area contributed by atoms with Gasteiger partial charge in [-0.25, -0.2) is 0 Å². The second-order valence-electron chi connectivity index (χ2n) is 4.81. The SMILES string of the molecule is CN1CCCCC1COc1ccc(N)cc1C#N. The molecule has 18 heavy (non-hydrogen) atoms. The fourth-order valence-corrected chi connectivity index (χ4v) is 2.30. The van der Waals surface area contributed by atoms with Crippen molar-refractivity contribution in [2.24, 2.45) is 0 Å². The molecule has 0 saturated carbocycles. The maximum atomic E-state index is 9.04. The third kappa shape index (κ3) is 2.93. The summed E-state index contributed by atoms with van der Waals surface area (Å²) in [6.07, 6.45) is 3.68. The Hall–Kier alpha value is -1.73. The zero-order chi connectivity index (χ0) is 13.0. The Morgan fingerprint density at radius 1 is 1.50 bits per heavy atom. The molecule has 1 aromatic rings. The normalized spacial score (nSPS) is 20.3. The summed E-state index contributed by atoms with van der Waals surface area (Å²) in [5.74, 6) is 0.630.